The highest BCUT2D eigenvalue weighted by molar-refractivity contribution is 7.99. The van der Waals surface area contributed by atoms with Gasteiger partial charge in [-0.1, -0.05) is 48.0 Å². The minimum Gasteiger partial charge on any atom is -0.357 e. The van der Waals surface area contributed by atoms with Crippen LogP contribution in [-0.4, -0.2) is 35.6 Å². The number of halogens is 1. The van der Waals surface area contributed by atoms with Crippen LogP contribution in [0, 0.1) is 12.7 Å². The van der Waals surface area contributed by atoms with Crippen molar-refractivity contribution in [3.05, 3.63) is 71.0 Å². The van der Waals surface area contributed by atoms with E-state index in [1.54, 1.807) is 37.1 Å². The van der Waals surface area contributed by atoms with Crippen molar-refractivity contribution in [2.24, 2.45) is 0 Å². The number of rotatable bonds is 8. The van der Waals surface area contributed by atoms with Gasteiger partial charge in [-0.15, -0.1) is 11.8 Å². The normalized spacial score (nSPS) is 11.7. The van der Waals surface area contributed by atoms with E-state index < -0.39 is 6.04 Å². The quantitative estimate of drug-likeness (QED) is 0.753. The lowest BCUT2D eigenvalue weighted by Crippen LogP contribution is -2.47. The Bertz CT molecular complexity index is 797. The van der Waals surface area contributed by atoms with Gasteiger partial charge in [-0.2, -0.15) is 0 Å². The molecule has 0 aliphatic rings. The van der Waals surface area contributed by atoms with Gasteiger partial charge >= 0.3 is 0 Å². The Hall–Kier alpha value is -2.34. The molecule has 27 heavy (non-hydrogen) atoms. The van der Waals surface area contributed by atoms with E-state index in [0.29, 0.717) is 17.9 Å². The van der Waals surface area contributed by atoms with Crippen LogP contribution in [0.5, 0.6) is 0 Å². The second kappa shape index (κ2) is 10.1. The van der Waals surface area contributed by atoms with Gasteiger partial charge in [-0.25, -0.2) is 4.39 Å². The largest absolute Gasteiger partial charge is 0.357 e. The number of nitrogens with one attached hydrogen (secondary N) is 1. The van der Waals surface area contributed by atoms with Gasteiger partial charge in [0.25, 0.3) is 0 Å². The molecule has 0 aliphatic heterocycles. The highest BCUT2D eigenvalue weighted by Gasteiger charge is 2.25. The molecular weight excluding hydrogens is 363 g/mol. The number of amides is 2. The fourth-order valence-electron chi connectivity index (χ4n) is 2.75. The maximum atomic E-state index is 13.7. The summed E-state index contributed by atoms with van der Waals surface area (Å²) in [4.78, 5) is 26.5. The Morgan fingerprint density at radius 2 is 1.93 bits per heavy atom. The Balaban J connectivity index is 2.06. The van der Waals surface area contributed by atoms with Gasteiger partial charge < -0.3 is 10.2 Å². The number of nitrogens with zero attached hydrogens (tertiary/aromatic N) is 1. The number of thioether (sulfide) groups is 1. The summed E-state index contributed by atoms with van der Waals surface area (Å²) in [5.74, 6) is -0.0381. The van der Waals surface area contributed by atoms with Crippen molar-refractivity contribution in [3.8, 4) is 0 Å². The zero-order valence-corrected chi connectivity index (χ0v) is 16.7. The first-order valence-corrected chi connectivity index (χ1v) is 9.95. The summed E-state index contributed by atoms with van der Waals surface area (Å²) < 4.78 is 13.7. The van der Waals surface area contributed by atoms with E-state index in [-0.39, 0.29) is 23.4 Å². The first-order chi connectivity index (χ1) is 12.9. The zero-order valence-electron chi connectivity index (χ0n) is 15.9. The third kappa shape index (κ3) is 6.10. The smallest absolute Gasteiger partial charge is 0.242 e. The van der Waals surface area contributed by atoms with Gasteiger partial charge in [0.05, 0.1) is 5.75 Å². The molecule has 1 atom stereocenters. The predicted octanol–water partition coefficient (Wildman–Crippen LogP) is 3.53. The van der Waals surface area contributed by atoms with Crippen molar-refractivity contribution < 1.29 is 14.0 Å². The first-order valence-electron chi connectivity index (χ1n) is 8.80. The van der Waals surface area contributed by atoms with E-state index in [4.69, 9.17) is 0 Å². The maximum Gasteiger partial charge on any atom is 0.242 e. The molecule has 0 saturated carbocycles. The fourth-order valence-corrected chi connectivity index (χ4v) is 3.64. The highest BCUT2D eigenvalue weighted by Crippen LogP contribution is 2.18. The molecule has 2 aromatic rings. The Morgan fingerprint density at radius 1 is 1.19 bits per heavy atom. The van der Waals surface area contributed by atoms with Gasteiger partial charge in [0.15, 0.2) is 0 Å². The van der Waals surface area contributed by atoms with Crippen LogP contribution in [0.4, 0.5) is 4.39 Å². The van der Waals surface area contributed by atoms with Crippen molar-refractivity contribution in [2.75, 3.05) is 12.8 Å². The van der Waals surface area contributed by atoms with Crippen LogP contribution in [0.3, 0.4) is 0 Å². The molecule has 0 fully saturated rings. The molecule has 0 spiro atoms. The van der Waals surface area contributed by atoms with Crippen LogP contribution in [0.15, 0.2) is 48.5 Å². The van der Waals surface area contributed by atoms with Crippen LogP contribution in [0.1, 0.15) is 23.6 Å². The maximum absolute atomic E-state index is 13.7. The molecule has 0 aliphatic carbocycles. The van der Waals surface area contributed by atoms with Crippen molar-refractivity contribution in [1.29, 1.82) is 0 Å². The number of likely N-dealkylation sites (N-methyl/N-ethyl adjacent to an activating group) is 1. The first kappa shape index (κ1) is 21.0. The molecule has 6 heteroatoms. The van der Waals surface area contributed by atoms with Gasteiger partial charge in [-0.05, 0) is 31.0 Å². The summed E-state index contributed by atoms with van der Waals surface area (Å²) in [6, 6.07) is 13.8. The van der Waals surface area contributed by atoms with E-state index in [1.807, 2.05) is 31.2 Å². The molecule has 0 aromatic heterocycles. The molecule has 2 rings (SSSR count). The molecule has 0 unspecified atom stereocenters. The Morgan fingerprint density at radius 3 is 2.59 bits per heavy atom. The molecule has 2 aromatic carbocycles. The monoisotopic (exact) mass is 388 g/mol. The molecular formula is C21H25FN2O2S. The number of benzene rings is 2. The van der Waals surface area contributed by atoms with E-state index in [0.717, 1.165) is 11.1 Å². The molecule has 0 radical (unpaired) electrons. The number of carbonyl (C=O) groups excluding carboxylic acids is 2. The molecule has 2 amide bonds. The topological polar surface area (TPSA) is 49.4 Å². The molecule has 4 nitrogen and oxygen atoms in total. The summed E-state index contributed by atoms with van der Waals surface area (Å²) in [7, 11) is 1.56. The molecule has 0 saturated heterocycles. The van der Waals surface area contributed by atoms with Crippen LogP contribution >= 0.6 is 11.8 Å². The van der Waals surface area contributed by atoms with E-state index >= 15 is 0 Å². The van der Waals surface area contributed by atoms with Crippen LogP contribution in [0.25, 0.3) is 0 Å². The van der Waals surface area contributed by atoms with Crippen molar-refractivity contribution in [1.82, 2.24) is 10.2 Å². The second-order valence-corrected chi connectivity index (χ2v) is 7.37. The van der Waals surface area contributed by atoms with Gasteiger partial charge in [0.1, 0.15) is 11.9 Å². The Labute approximate surface area is 164 Å². The van der Waals surface area contributed by atoms with Crippen LogP contribution in [-0.2, 0) is 21.9 Å². The van der Waals surface area contributed by atoms with Gasteiger partial charge in [0, 0.05) is 19.3 Å². The summed E-state index contributed by atoms with van der Waals surface area (Å²) in [6.07, 6.45) is 0. The highest BCUT2D eigenvalue weighted by atomic mass is 32.2. The van der Waals surface area contributed by atoms with E-state index in [1.165, 1.54) is 17.8 Å². The van der Waals surface area contributed by atoms with Crippen LogP contribution in [0.2, 0.25) is 0 Å². The third-order valence-electron chi connectivity index (χ3n) is 4.29. The van der Waals surface area contributed by atoms with Crippen molar-refractivity contribution >= 4 is 23.6 Å². The summed E-state index contributed by atoms with van der Waals surface area (Å²) >= 11 is 1.34. The summed E-state index contributed by atoms with van der Waals surface area (Å²) in [6.45, 7) is 4.06. The number of carbonyl (C=O) groups is 2. The van der Waals surface area contributed by atoms with Crippen molar-refractivity contribution in [3.63, 3.8) is 0 Å². The lowest BCUT2D eigenvalue weighted by atomic mass is 10.1. The SMILES string of the molecule is CNC(=O)[C@@H](C)N(Cc1cccc(C)c1)C(=O)CSCc1ccccc1F. The summed E-state index contributed by atoms with van der Waals surface area (Å²) in [5, 5.41) is 2.60. The molecule has 0 heterocycles. The standard InChI is InChI=1S/C21H25FN2O2S/c1-15-7-6-8-17(11-15)12-24(16(2)21(26)23-3)20(25)14-27-13-18-9-4-5-10-19(18)22/h4-11,16H,12-14H2,1-3H3,(H,23,26)/t16-/m1/s1. The second-order valence-electron chi connectivity index (χ2n) is 6.39. The summed E-state index contributed by atoms with van der Waals surface area (Å²) in [5.41, 5.74) is 2.64. The zero-order chi connectivity index (χ0) is 19.8. The van der Waals surface area contributed by atoms with E-state index in [9.17, 15) is 14.0 Å². The Kier molecular flexibility index (Phi) is 7.85. The third-order valence-corrected chi connectivity index (χ3v) is 5.26. The average Bonchev–Trinajstić information content (AvgIpc) is 2.66. The van der Waals surface area contributed by atoms with Crippen LogP contribution < -0.4 is 5.32 Å². The fraction of sp³-hybridized carbons (Fsp3) is 0.333. The van der Waals surface area contributed by atoms with Gasteiger partial charge in [-0.3, -0.25) is 9.59 Å². The van der Waals surface area contributed by atoms with E-state index in [2.05, 4.69) is 5.32 Å². The molecule has 1 N–H and O–H groups in total. The van der Waals surface area contributed by atoms with Crippen molar-refractivity contribution in [2.45, 2.75) is 32.2 Å². The van der Waals surface area contributed by atoms with Gasteiger partial charge in [0.2, 0.25) is 11.8 Å². The number of hydrogen-bond donors (Lipinski definition) is 1. The molecule has 0 bridgehead atoms. The molecule has 144 valence electrons. The number of aryl methyl sites for hydroxylation is 1. The average molecular weight is 389 g/mol. The minimum atomic E-state index is -0.586. The lowest BCUT2D eigenvalue weighted by molar-refractivity contribution is -0.138. The lowest BCUT2D eigenvalue weighted by Gasteiger charge is -2.28. The number of hydrogen-bond acceptors (Lipinski definition) is 3. The predicted molar refractivity (Wildman–Crippen MR) is 108 cm³/mol. The minimum absolute atomic E-state index is 0.144.